The molecule has 0 saturated carbocycles. The van der Waals surface area contributed by atoms with Crippen molar-refractivity contribution in [1.29, 1.82) is 0 Å². The van der Waals surface area contributed by atoms with E-state index in [-0.39, 0.29) is 16.4 Å². The topological polar surface area (TPSA) is 66.9 Å². The lowest BCUT2D eigenvalue weighted by atomic mass is 10.2. The van der Waals surface area contributed by atoms with E-state index in [4.69, 9.17) is 11.6 Å². The molecule has 7 heteroatoms. The lowest BCUT2D eigenvalue weighted by molar-refractivity contribution is 0.102. The lowest BCUT2D eigenvalue weighted by Gasteiger charge is -2.08. The number of benzene rings is 2. The van der Waals surface area contributed by atoms with E-state index in [1.807, 2.05) is 31.2 Å². The van der Waals surface area contributed by atoms with E-state index in [2.05, 4.69) is 20.8 Å². The summed E-state index contributed by atoms with van der Waals surface area (Å²) in [7, 11) is 0. The van der Waals surface area contributed by atoms with E-state index in [1.165, 1.54) is 18.2 Å². The minimum Gasteiger partial charge on any atom is -0.339 e. The van der Waals surface area contributed by atoms with E-state index < -0.39 is 11.7 Å². The van der Waals surface area contributed by atoms with Gasteiger partial charge in [-0.15, -0.1) is 10.2 Å². The van der Waals surface area contributed by atoms with Crippen LogP contribution in [0, 0.1) is 12.7 Å². The minimum absolute atomic E-state index is 0.0307. The van der Waals surface area contributed by atoms with Gasteiger partial charge in [-0.05, 0) is 43.3 Å². The molecule has 0 spiro atoms. The number of hydrogen-bond acceptors (Lipinski definition) is 4. The Morgan fingerprint density at radius 1 is 1.00 bits per heavy atom. The molecule has 1 aromatic heterocycles. The molecule has 0 aliphatic carbocycles. The van der Waals surface area contributed by atoms with Crippen LogP contribution in [0.15, 0.2) is 54.6 Å². The van der Waals surface area contributed by atoms with Crippen molar-refractivity contribution in [1.82, 2.24) is 10.2 Å². The van der Waals surface area contributed by atoms with Crippen LogP contribution in [0.5, 0.6) is 0 Å². The molecule has 2 N–H and O–H groups in total. The van der Waals surface area contributed by atoms with Crippen molar-refractivity contribution in [3.05, 3.63) is 76.6 Å². The third-order valence-electron chi connectivity index (χ3n) is 3.42. The van der Waals surface area contributed by atoms with Gasteiger partial charge in [0.25, 0.3) is 5.91 Å². The number of nitrogens with one attached hydrogen (secondary N) is 2. The maximum Gasteiger partial charge on any atom is 0.261 e. The fraction of sp³-hybridized carbons (Fsp3) is 0.0556. The molecule has 1 amide bonds. The first kappa shape index (κ1) is 16.9. The second-order valence-corrected chi connectivity index (χ2v) is 5.75. The van der Waals surface area contributed by atoms with Crippen molar-refractivity contribution in [2.45, 2.75) is 6.92 Å². The first-order valence-electron chi connectivity index (χ1n) is 7.46. The second kappa shape index (κ2) is 7.27. The lowest BCUT2D eigenvalue weighted by Crippen LogP contribution is -2.15. The highest BCUT2D eigenvalue weighted by molar-refractivity contribution is 6.34. The Labute approximate surface area is 148 Å². The molecule has 126 valence electrons. The molecule has 1 heterocycles. The number of carbonyl (C=O) groups excluding carboxylic acids is 1. The fourth-order valence-electron chi connectivity index (χ4n) is 2.14. The Kier molecular flexibility index (Phi) is 4.90. The molecule has 3 rings (SSSR count). The van der Waals surface area contributed by atoms with Crippen molar-refractivity contribution in [2.24, 2.45) is 0 Å². The smallest absolute Gasteiger partial charge is 0.261 e. The predicted molar refractivity (Wildman–Crippen MR) is 95.9 cm³/mol. The van der Waals surface area contributed by atoms with E-state index in [0.29, 0.717) is 5.82 Å². The van der Waals surface area contributed by atoms with Crippen LogP contribution in [0.1, 0.15) is 15.9 Å². The van der Waals surface area contributed by atoms with Crippen LogP contribution in [0.25, 0.3) is 0 Å². The van der Waals surface area contributed by atoms with Crippen molar-refractivity contribution >= 4 is 34.8 Å². The van der Waals surface area contributed by atoms with Gasteiger partial charge in [-0.2, -0.15) is 0 Å². The second-order valence-electron chi connectivity index (χ2n) is 5.35. The Balaban J connectivity index is 1.70. The maximum absolute atomic E-state index is 13.7. The standard InChI is InChI=1S/C18H14ClFN4O/c1-11-5-7-12(8-6-11)21-15-9-10-16(24-23-15)22-18(25)17-13(19)3-2-4-14(17)20/h2-10H,1H3,(H,21,23)(H,22,24,25). The number of carbonyl (C=O) groups is 1. The van der Waals surface area contributed by atoms with Gasteiger partial charge in [-0.25, -0.2) is 4.39 Å². The Morgan fingerprint density at radius 3 is 2.32 bits per heavy atom. The number of rotatable bonds is 4. The molecular formula is C18H14ClFN4O. The van der Waals surface area contributed by atoms with Crippen molar-refractivity contribution < 1.29 is 9.18 Å². The van der Waals surface area contributed by atoms with Gasteiger partial charge in [-0.1, -0.05) is 35.4 Å². The van der Waals surface area contributed by atoms with Gasteiger partial charge in [0, 0.05) is 5.69 Å². The Bertz CT molecular complexity index is 878. The maximum atomic E-state index is 13.7. The summed E-state index contributed by atoms with van der Waals surface area (Å²) in [5.74, 6) is -0.670. The molecular weight excluding hydrogens is 343 g/mol. The van der Waals surface area contributed by atoms with E-state index >= 15 is 0 Å². The molecule has 0 aliphatic rings. The van der Waals surface area contributed by atoms with Gasteiger partial charge in [0.05, 0.1) is 10.6 Å². The summed E-state index contributed by atoms with van der Waals surface area (Å²) in [6, 6.07) is 15.1. The molecule has 3 aromatic rings. The number of aromatic nitrogens is 2. The molecule has 0 unspecified atom stereocenters. The first-order valence-corrected chi connectivity index (χ1v) is 7.83. The molecule has 0 atom stereocenters. The highest BCUT2D eigenvalue weighted by Crippen LogP contribution is 2.20. The quantitative estimate of drug-likeness (QED) is 0.718. The first-order chi connectivity index (χ1) is 12.0. The Morgan fingerprint density at radius 2 is 1.68 bits per heavy atom. The van der Waals surface area contributed by atoms with Crippen LogP contribution in [0.3, 0.4) is 0 Å². The fourth-order valence-corrected chi connectivity index (χ4v) is 2.39. The zero-order valence-electron chi connectivity index (χ0n) is 13.3. The highest BCUT2D eigenvalue weighted by Gasteiger charge is 2.16. The van der Waals surface area contributed by atoms with Gasteiger partial charge < -0.3 is 10.6 Å². The molecule has 0 saturated heterocycles. The molecule has 5 nitrogen and oxygen atoms in total. The molecule has 0 radical (unpaired) electrons. The van der Waals surface area contributed by atoms with Crippen LogP contribution in [-0.4, -0.2) is 16.1 Å². The number of nitrogens with zero attached hydrogens (tertiary/aromatic N) is 2. The number of aryl methyl sites for hydroxylation is 1. The summed E-state index contributed by atoms with van der Waals surface area (Å²) >= 11 is 5.87. The van der Waals surface area contributed by atoms with Crippen LogP contribution < -0.4 is 10.6 Å². The van der Waals surface area contributed by atoms with Gasteiger partial charge in [0.15, 0.2) is 11.6 Å². The molecule has 0 bridgehead atoms. The molecule has 2 aromatic carbocycles. The Hall–Kier alpha value is -2.99. The van der Waals surface area contributed by atoms with Crippen LogP contribution >= 0.6 is 11.6 Å². The SMILES string of the molecule is Cc1ccc(Nc2ccc(NC(=O)c3c(F)cccc3Cl)nn2)cc1. The zero-order valence-corrected chi connectivity index (χ0v) is 14.0. The molecule has 0 fully saturated rings. The molecule has 25 heavy (non-hydrogen) atoms. The zero-order chi connectivity index (χ0) is 17.8. The van der Waals surface area contributed by atoms with Crippen LogP contribution in [0.2, 0.25) is 5.02 Å². The summed E-state index contributed by atoms with van der Waals surface area (Å²) in [5, 5.41) is 13.5. The summed E-state index contributed by atoms with van der Waals surface area (Å²) in [6.07, 6.45) is 0. The van der Waals surface area contributed by atoms with E-state index in [1.54, 1.807) is 12.1 Å². The molecule has 0 aliphatic heterocycles. The summed E-state index contributed by atoms with van der Waals surface area (Å²) in [4.78, 5) is 12.1. The average molecular weight is 357 g/mol. The van der Waals surface area contributed by atoms with Gasteiger partial charge in [0.2, 0.25) is 0 Å². The number of hydrogen-bond donors (Lipinski definition) is 2. The summed E-state index contributed by atoms with van der Waals surface area (Å²) < 4.78 is 13.7. The van der Waals surface area contributed by atoms with Crippen molar-refractivity contribution in [3.63, 3.8) is 0 Å². The summed E-state index contributed by atoms with van der Waals surface area (Å²) in [5.41, 5.74) is 1.80. The largest absolute Gasteiger partial charge is 0.339 e. The minimum atomic E-state index is -0.699. The third-order valence-corrected chi connectivity index (χ3v) is 3.73. The van der Waals surface area contributed by atoms with Crippen molar-refractivity contribution in [2.75, 3.05) is 10.6 Å². The van der Waals surface area contributed by atoms with Gasteiger partial charge in [-0.3, -0.25) is 4.79 Å². The highest BCUT2D eigenvalue weighted by atomic mass is 35.5. The number of halogens is 2. The third kappa shape index (κ3) is 4.10. The van der Waals surface area contributed by atoms with E-state index in [0.717, 1.165) is 11.3 Å². The van der Waals surface area contributed by atoms with Crippen molar-refractivity contribution in [3.8, 4) is 0 Å². The monoisotopic (exact) mass is 356 g/mol. The summed E-state index contributed by atoms with van der Waals surface area (Å²) in [6.45, 7) is 2.00. The van der Waals surface area contributed by atoms with Crippen LogP contribution in [0.4, 0.5) is 21.7 Å². The normalized spacial score (nSPS) is 10.4. The predicted octanol–water partition coefficient (Wildman–Crippen LogP) is 4.57. The van der Waals surface area contributed by atoms with Gasteiger partial charge >= 0.3 is 0 Å². The van der Waals surface area contributed by atoms with Gasteiger partial charge in [0.1, 0.15) is 5.82 Å². The number of amides is 1. The number of anilines is 3. The average Bonchev–Trinajstić information content (AvgIpc) is 2.58. The van der Waals surface area contributed by atoms with E-state index in [9.17, 15) is 9.18 Å². The van der Waals surface area contributed by atoms with Crippen LogP contribution in [-0.2, 0) is 0 Å².